The van der Waals surface area contributed by atoms with Crippen LogP contribution >= 0.6 is 0 Å². The fraction of sp³-hybridized carbons (Fsp3) is 0.467. The van der Waals surface area contributed by atoms with Gasteiger partial charge in [0.1, 0.15) is 5.75 Å². The summed E-state index contributed by atoms with van der Waals surface area (Å²) in [6, 6.07) is 7.41. The molecular formula is C15H21NO4. The van der Waals surface area contributed by atoms with Gasteiger partial charge in [-0.05, 0) is 19.4 Å². The van der Waals surface area contributed by atoms with Gasteiger partial charge in [0, 0.05) is 18.5 Å². The van der Waals surface area contributed by atoms with Crippen LogP contribution in [0.2, 0.25) is 0 Å². The van der Waals surface area contributed by atoms with Crippen molar-refractivity contribution in [2.75, 3.05) is 20.3 Å². The first kappa shape index (κ1) is 16.0. The number of esters is 1. The minimum atomic E-state index is -0.230. The summed E-state index contributed by atoms with van der Waals surface area (Å²) >= 11 is 0. The molecule has 1 aromatic rings. The molecule has 0 atom stereocenters. The number of methoxy groups -OCH3 is 1. The van der Waals surface area contributed by atoms with E-state index in [1.54, 1.807) is 14.0 Å². The summed E-state index contributed by atoms with van der Waals surface area (Å²) in [7, 11) is 1.58. The first-order chi connectivity index (χ1) is 9.67. The molecule has 1 N–H and O–H groups in total. The second-order valence-electron chi connectivity index (χ2n) is 4.25. The summed E-state index contributed by atoms with van der Waals surface area (Å²) in [5.41, 5.74) is 0.845. The number of carbonyl (C=O) groups is 2. The fourth-order valence-electron chi connectivity index (χ4n) is 1.78. The molecule has 1 amide bonds. The van der Waals surface area contributed by atoms with Gasteiger partial charge in [0.15, 0.2) is 0 Å². The normalized spacial score (nSPS) is 9.90. The maximum atomic E-state index is 11.8. The number of carbonyl (C=O) groups excluding carboxylic acids is 2. The van der Waals surface area contributed by atoms with Crippen LogP contribution < -0.4 is 10.1 Å². The van der Waals surface area contributed by atoms with E-state index < -0.39 is 0 Å². The smallest absolute Gasteiger partial charge is 0.305 e. The Bertz CT molecular complexity index is 445. The van der Waals surface area contributed by atoms with Crippen molar-refractivity contribution in [2.24, 2.45) is 0 Å². The van der Waals surface area contributed by atoms with Crippen molar-refractivity contribution in [1.29, 1.82) is 0 Å². The van der Waals surface area contributed by atoms with Crippen LogP contribution in [0.25, 0.3) is 0 Å². The Morgan fingerprint density at radius 2 is 2.00 bits per heavy atom. The van der Waals surface area contributed by atoms with Gasteiger partial charge in [-0.1, -0.05) is 18.2 Å². The van der Waals surface area contributed by atoms with Gasteiger partial charge < -0.3 is 14.8 Å². The van der Waals surface area contributed by atoms with Gasteiger partial charge in [0.2, 0.25) is 5.91 Å². The SMILES string of the molecule is CCOC(=O)CCCNC(=O)Cc1ccccc1OC. The average Bonchev–Trinajstić information content (AvgIpc) is 2.44. The molecule has 1 aromatic carbocycles. The van der Waals surface area contributed by atoms with Crippen LogP contribution in [0.5, 0.6) is 5.75 Å². The zero-order valence-corrected chi connectivity index (χ0v) is 12.0. The predicted molar refractivity (Wildman–Crippen MR) is 75.6 cm³/mol. The molecule has 0 aromatic heterocycles. The van der Waals surface area contributed by atoms with Gasteiger partial charge in [-0.3, -0.25) is 9.59 Å². The number of nitrogens with one attached hydrogen (secondary N) is 1. The van der Waals surface area contributed by atoms with Gasteiger partial charge >= 0.3 is 5.97 Å². The number of hydrogen-bond acceptors (Lipinski definition) is 4. The molecule has 0 radical (unpaired) electrons. The summed E-state index contributed by atoms with van der Waals surface area (Å²) in [5, 5.41) is 2.78. The Hall–Kier alpha value is -2.04. The highest BCUT2D eigenvalue weighted by molar-refractivity contribution is 5.79. The van der Waals surface area contributed by atoms with E-state index in [1.807, 2.05) is 24.3 Å². The highest BCUT2D eigenvalue weighted by Gasteiger charge is 2.08. The molecule has 0 aliphatic heterocycles. The summed E-state index contributed by atoms with van der Waals surface area (Å²) in [4.78, 5) is 22.9. The van der Waals surface area contributed by atoms with Crippen molar-refractivity contribution in [3.8, 4) is 5.75 Å². The standard InChI is InChI=1S/C15H21NO4/c1-3-20-15(18)9-6-10-16-14(17)11-12-7-4-5-8-13(12)19-2/h4-5,7-8H,3,6,9-11H2,1-2H3,(H,16,17). The third-order valence-corrected chi connectivity index (χ3v) is 2.73. The monoisotopic (exact) mass is 279 g/mol. The summed E-state index contributed by atoms with van der Waals surface area (Å²) in [5.74, 6) is 0.388. The van der Waals surface area contributed by atoms with E-state index >= 15 is 0 Å². The number of rotatable bonds is 8. The highest BCUT2D eigenvalue weighted by atomic mass is 16.5. The average molecular weight is 279 g/mol. The molecule has 1 rings (SSSR count). The maximum absolute atomic E-state index is 11.8. The molecule has 0 saturated heterocycles. The molecule has 5 heteroatoms. The largest absolute Gasteiger partial charge is 0.496 e. The van der Waals surface area contributed by atoms with E-state index in [-0.39, 0.29) is 18.3 Å². The Balaban J connectivity index is 2.28. The lowest BCUT2D eigenvalue weighted by Crippen LogP contribution is -2.26. The molecule has 0 bridgehead atoms. The van der Waals surface area contributed by atoms with Gasteiger partial charge in [-0.25, -0.2) is 0 Å². The lowest BCUT2D eigenvalue weighted by molar-refractivity contribution is -0.143. The Morgan fingerprint density at radius 3 is 2.70 bits per heavy atom. The van der Waals surface area contributed by atoms with Gasteiger partial charge in [0.25, 0.3) is 0 Å². The first-order valence-corrected chi connectivity index (χ1v) is 6.71. The summed E-state index contributed by atoms with van der Waals surface area (Å²) in [6.07, 6.45) is 1.17. The van der Waals surface area contributed by atoms with Crippen LogP contribution in [0.1, 0.15) is 25.3 Å². The van der Waals surface area contributed by atoms with Crippen molar-refractivity contribution < 1.29 is 19.1 Å². The van der Waals surface area contributed by atoms with Crippen molar-refractivity contribution in [2.45, 2.75) is 26.2 Å². The molecule has 0 aliphatic carbocycles. The Morgan fingerprint density at radius 1 is 1.25 bits per heavy atom. The van der Waals surface area contributed by atoms with Crippen LogP contribution in [0.4, 0.5) is 0 Å². The number of hydrogen-bond donors (Lipinski definition) is 1. The van der Waals surface area contributed by atoms with Crippen LogP contribution in [0.15, 0.2) is 24.3 Å². The predicted octanol–water partition coefficient (Wildman–Crippen LogP) is 1.70. The summed E-state index contributed by atoms with van der Waals surface area (Å²) < 4.78 is 10.00. The quantitative estimate of drug-likeness (QED) is 0.581. The van der Waals surface area contributed by atoms with E-state index in [0.717, 1.165) is 5.56 Å². The van der Waals surface area contributed by atoms with Gasteiger partial charge in [0.05, 0.1) is 20.1 Å². The van der Waals surface area contributed by atoms with Crippen LogP contribution in [-0.4, -0.2) is 32.1 Å². The second kappa shape index (κ2) is 8.96. The van der Waals surface area contributed by atoms with E-state index in [2.05, 4.69) is 5.32 Å². The molecule has 0 saturated carbocycles. The third kappa shape index (κ3) is 5.73. The molecule has 0 spiro atoms. The minimum Gasteiger partial charge on any atom is -0.496 e. The zero-order chi connectivity index (χ0) is 14.8. The lowest BCUT2D eigenvalue weighted by Gasteiger charge is -2.08. The molecular weight excluding hydrogens is 258 g/mol. The first-order valence-electron chi connectivity index (χ1n) is 6.71. The number of amides is 1. The molecule has 0 unspecified atom stereocenters. The van der Waals surface area contributed by atoms with E-state index in [1.165, 1.54) is 0 Å². The summed E-state index contributed by atoms with van der Waals surface area (Å²) in [6.45, 7) is 2.62. The molecule has 0 aliphatic rings. The van der Waals surface area contributed by atoms with E-state index in [0.29, 0.717) is 31.7 Å². The second-order valence-corrected chi connectivity index (χ2v) is 4.25. The molecule has 0 fully saturated rings. The topological polar surface area (TPSA) is 64.6 Å². The molecule has 110 valence electrons. The lowest BCUT2D eigenvalue weighted by atomic mass is 10.1. The third-order valence-electron chi connectivity index (χ3n) is 2.73. The minimum absolute atomic E-state index is 0.0849. The number of benzene rings is 1. The van der Waals surface area contributed by atoms with Gasteiger partial charge in [-0.2, -0.15) is 0 Å². The van der Waals surface area contributed by atoms with Crippen molar-refractivity contribution in [3.05, 3.63) is 29.8 Å². The molecule has 20 heavy (non-hydrogen) atoms. The van der Waals surface area contributed by atoms with Gasteiger partial charge in [-0.15, -0.1) is 0 Å². The van der Waals surface area contributed by atoms with E-state index in [4.69, 9.17) is 9.47 Å². The fourth-order valence-corrected chi connectivity index (χ4v) is 1.78. The molecule has 0 heterocycles. The van der Waals surface area contributed by atoms with Crippen LogP contribution in [0.3, 0.4) is 0 Å². The van der Waals surface area contributed by atoms with Crippen molar-refractivity contribution in [1.82, 2.24) is 5.32 Å². The maximum Gasteiger partial charge on any atom is 0.305 e. The number of para-hydroxylation sites is 1. The highest BCUT2D eigenvalue weighted by Crippen LogP contribution is 2.17. The van der Waals surface area contributed by atoms with Crippen molar-refractivity contribution in [3.63, 3.8) is 0 Å². The number of ether oxygens (including phenoxy) is 2. The van der Waals surface area contributed by atoms with Crippen LogP contribution in [0, 0.1) is 0 Å². The molecule has 5 nitrogen and oxygen atoms in total. The van der Waals surface area contributed by atoms with E-state index in [9.17, 15) is 9.59 Å². The zero-order valence-electron chi connectivity index (χ0n) is 12.0. The van der Waals surface area contributed by atoms with Crippen molar-refractivity contribution >= 4 is 11.9 Å². The Labute approximate surface area is 119 Å². The van der Waals surface area contributed by atoms with Crippen LogP contribution in [-0.2, 0) is 20.7 Å². The Kier molecular flexibility index (Phi) is 7.17.